The SMILES string of the molecule is CCNC(=NCC1(SC)CCOCC1)NC1CCC(=O)NC1.I. The van der Waals surface area contributed by atoms with Crippen LogP contribution in [0.2, 0.25) is 0 Å². The molecule has 0 aromatic heterocycles. The summed E-state index contributed by atoms with van der Waals surface area (Å²) in [5.41, 5.74) is 0. The van der Waals surface area contributed by atoms with Crippen molar-refractivity contribution in [1.29, 1.82) is 0 Å². The Labute approximate surface area is 160 Å². The van der Waals surface area contributed by atoms with Crippen LogP contribution in [0.1, 0.15) is 32.6 Å². The summed E-state index contributed by atoms with van der Waals surface area (Å²) < 4.78 is 5.68. The number of aliphatic imine (C=N–C) groups is 1. The summed E-state index contributed by atoms with van der Waals surface area (Å²) in [5.74, 6) is 0.993. The molecule has 2 aliphatic rings. The first-order chi connectivity index (χ1) is 10.7. The fourth-order valence-corrected chi connectivity index (χ4v) is 3.53. The molecule has 0 aromatic carbocycles. The van der Waals surface area contributed by atoms with Crippen LogP contribution >= 0.6 is 35.7 Å². The van der Waals surface area contributed by atoms with Crippen molar-refractivity contribution in [3.05, 3.63) is 0 Å². The van der Waals surface area contributed by atoms with Crippen LogP contribution in [0.3, 0.4) is 0 Å². The molecule has 2 heterocycles. The number of carbonyl (C=O) groups excluding carboxylic acids is 1. The van der Waals surface area contributed by atoms with Crippen LogP contribution in [0.4, 0.5) is 0 Å². The fraction of sp³-hybridized carbons (Fsp3) is 0.867. The average Bonchev–Trinajstić information content (AvgIpc) is 2.56. The number of carbonyl (C=O) groups is 1. The molecule has 1 atom stereocenters. The first kappa shape index (κ1) is 20.8. The van der Waals surface area contributed by atoms with E-state index in [1.165, 1.54) is 0 Å². The quantitative estimate of drug-likeness (QED) is 0.331. The summed E-state index contributed by atoms with van der Waals surface area (Å²) in [4.78, 5) is 16.0. The van der Waals surface area contributed by atoms with Crippen molar-refractivity contribution in [1.82, 2.24) is 16.0 Å². The summed E-state index contributed by atoms with van der Waals surface area (Å²) >= 11 is 1.90. The number of piperidine rings is 1. The number of nitrogens with zero attached hydrogens (tertiary/aromatic N) is 1. The van der Waals surface area contributed by atoms with E-state index in [0.717, 1.165) is 51.5 Å². The molecule has 0 aromatic rings. The van der Waals surface area contributed by atoms with Gasteiger partial charge in [0.1, 0.15) is 0 Å². The fourth-order valence-electron chi connectivity index (χ4n) is 2.76. The van der Waals surface area contributed by atoms with Crippen molar-refractivity contribution in [3.8, 4) is 0 Å². The lowest BCUT2D eigenvalue weighted by molar-refractivity contribution is -0.122. The molecule has 0 radical (unpaired) electrons. The van der Waals surface area contributed by atoms with E-state index in [1.807, 2.05) is 11.8 Å². The lowest BCUT2D eigenvalue weighted by Gasteiger charge is -2.34. The molecule has 2 rings (SSSR count). The lowest BCUT2D eigenvalue weighted by atomic mass is 9.99. The van der Waals surface area contributed by atoms with Crippen LogP contribution in [0.15, 0.2) is 4.99 Å². The Kier molecular flexibility index (Phi) is 9.60. The van der Waals surface area contributed by atoms with Gasteiger partial charge in [0.05, 0.1) is 6.54 Å². The maximum absolute atomic E-state index is 11.2. The number of guanidine groups is 1. The minimum absolute atomic E-state index is 0. The van der Waals surface area contributed by atoms with Crippen LogP contribution in [0.25, 0.3) is 0 Å². The highest BCUT2D eigenvalue weighted by molar-refractivity contribution is 14.0. The number of ether oxygens (including phenoxy) is 1. The number of nitrogens with one attached hydrogen (secondary N) is 3. The van der Waals surface area contributed by atoms with Crippen molar-refractivity contribution in [2.24, 2.45) is 4.99 Å². The van der Waals surface area contributed by atoms with Gasteiger partial charge in [-0.3, -0.25) is 9.79 Å². The normalized spacial score (nSPS) is 24.3. The summed E-state index contributed by atoms with van der Waals surface area (Å²) in [6.07, 6.45) is 5.71. The number of rotatable bonds is 5. The topological polar surface area (TPSA) is 74.8 Å². The zero-order valence-corrected chi connectivity index (χ0v) is 17.2. The molecule has 2 aliphatic heterocycles. The average molecular weight is 456 g/mol. The number of hydrogen-bond donors (Lipinski definition) is 3. The number of thioether (sulfide) groups is 1. The molecule has 1 amide bonds. The van der Waals surface area contributed by atoms with Gasteiger partial charge in [-0.15, -0.1) is 24.0 Å². The molecule has 6 nitrogen and oxygen atoms in total. The molecule has 2 saturated heterocycles. The Morgan fingerprint density at radius 3 is 2.78 bits per heavy atom. The van der Waals surface area contributed by atoms with Crippen molar-refractivity contribution < 1.29 is 9.53 Å². The first-order valence-corrected chi connectivity index (χ1v) is 9.34. The maximum Gasteiger partial charge on any atom is 0.220 e. The van der Waals surface area contributed by atoms with E-state index in [-0.39, 0.29) is 40.7 Å². The van der Waals surface area contributed by atoms with Gasteiger partial charge < -0.3 is 20.7 Å². The largest absolute Gasteiger partial charge is 0.381 e. The Hall–Kier alpha value is -0.220. The van der Waals surface area contributed by atoms with Gasteiger partial charge >= 0.3 is 0 Å². The third kappa shape index (κ3) is 6.66. The van der Waals surface area contributed by atoms with Crippen LogP contribution in [0, 0.1) is 0 Å². The third-order valence-corrected chi connectivity index (χ3v) is 5.72. The smallest absolute Gasteiger partial charge is 0.220 e. The highest BCUT2D eigenvalue weighted by Crippen LogP contribution is 2.33. The molecule has 23 heavy (non-hydrogen) atoms. The monoisotopic (exact) mass is 456 g/mol. The zero-order chi connectivity index (χ0) is 15.8. The van der Waals surface area contributed by atoms with E-state index in [2.05, 4.69) is 29.1 Å². The minimum Gasteiger partial charge on any atom is -0.381 e. The van der Waals surface area contributed by atoms with Gasteiger partial charge in [-0.1, -0.05) is 0 Å². The molecule has 0 bridgehead atoms. The van der Waals surface area contributed by atoms with Crippen molar-refractivity contribution in [2.45, 2.75) is 43.4 Å². The zero-order valence-electron chi connectivity index (χ0n) is 14.0. The second kappa shape index (κ2) is 10.6. The minimum atomic E-state index is 0. The van der Waals surface area contributed by atoms with Gasteiger partial charge in [-0.05, 0) is 32.4 Å². The van der Waals surface area contributed by atoms with Gasteiger partial charge in [-0.25, -0.2) is 0 Å². The van der Waals surface area contributed by atoms with Gasteiger partial charge in [0.2, 0.25) is 5.91 Å². The van der Waals surface area contributed by atoms with Crippen LogP contribution in [-0.4, -0.2) is 61.8 Å². The Bertz CT molecular complexity index is 393. The molecule has 1 unspecified atom stereocenters. The summed E-state index contributed by atoms with van der Waals surface area (Å²) in [7, 11) is 0. The van der Waals surface area contributed by atoms with E-state index in [1.54, 1.807) is 0 Å². The van der Waals surface area contributed by atoms with Crippen molar-refractivity contribution >= 4 is 47.6 Å². The third-order valence-electron chi connectivity index (χ3n) is 4.31. The maximum atomic E-state index is 11.2. The van der Waals surface area contributed by atoms with Gasteiger partial charge in [0.25, 0.3) is 0 Å². The highest BCUT2D eigenvalue weighted by Gasteiger charge is 2.31. The summed E-state index contributed by atoms with van der Waals surface area (Å²) in [6, 6.07) is 0.260. The van der Waals surface area contributed by atoms with Gasteiger partial charge in [0.15, 0.2) is 5.96 Å². The molecular weight excluding hydrogens is 427 g/mol. The van der Waals surface area contributed by atoms with E-state index >= 15 is 0 Å². The number of hydrogen-bond acceptors (Lipinski definition) is 4. The Balaban J connectivity index is 0.00000264. The lowest BCUT2D eigenvalue weighted by Crippen LogP contribution is -2.51. The summed E-state index contributed by atoms with van der Waals surface area (Å²) in [5, 5.41) is 9.65. The molecule has 8 heteroatoms. The predicted molar refractivity (Wildman–Crippen MR) is 107 cm³/mol. The van der Waals surface area contributed by atoms with Gasteiger partial charge in [0, 0.05) is 43.5 Å². The number of halogens is 1. The standard InChI is InChI=1S/C15H28N4O2S.HI/c1-3-16-14(19-12-4-5-13(20)17-10-12)18-11-15(22-2)6-8-21-9-7-15;/h12H,3-11H2,1-2H3,(H,17,20)(H2,16,18,19);1H. The van der Waals surface area contributed by atoms with E-state index in [9.17, 15) is 4.79 Å². The van der Waals surface area contributed by atoms with E-state index < -0.39 is 0 Å². The van der Waals surface area contributed by atoms with Crippen molar-refractivity contribution in [3.63, 3.8) is 0 Å². The van der Waals surface area contributed by atoms with Crippen LogP contribution in [0.5, 0.6) is 0 Å². The molecule has 0 aliphatic carbocycles. The molecule has 2 fully saturated rings. The Morgan fingerprint density at radius 1 is 1.48 bits per heavy atom. The highest BCUT2D eigenvalue weighted by atomic mass is 127. The summed E-state index contributed by atoms with van der Waals surface area (Å²) in [6.45, 7) is 6.03. The Morgan fingerprint density at radius 2 is 2.22 bits per heavy atom. The van der Waals surface area contributed by atoms with Crippen molar-refractivity contribution in [2.75, 3.05) is 39.1 Å². The molecule has 0 saturated carbocycles. The molecular formula is C15H29IN4O2S. The second-order valence-corrected chi connectivity index (χ2v) is 7.15. The van der Waals surface area contributed by atoms with Crippen LogP contribution < -0.4 is 16.0 Å². The van der Waals surface area contributed by atoms with Gasteiger partial charge in [-0.2, -0.15) is 11.8 Å². The first-order valence-electron chi connectivity index (χ1n) is 8.12. The number of amides is 1. The molecule has 3 N–H and O–H groups in total. The predicted octanol–water partition coefficient (Wildman–Crippen LogP) is 1.35. The van der Waals surface area contributed by atoms with Crippen LogP contribution in [-0.2, 0) is 9.53 Å². The van der Waals surface area contributed by atoms with E-state index in [4.69, 9.17) is 9.73 Å². The molecule has 134 valence electrons. The second-order valence-electron chi connectivity index (χ2n) is 5.88. The molecule has 0 spiro atoms. The van der Waals surface area contributed by atoms with E-state index in [0.29, 0.717) is 13.0 Å².